The molecule has 0 saturated heterocycles. The van der Waals surface area contributed by atoms with Crippen LogP contribution in [0.2, 0.25) is 0 Å². The lowest BCUT2D eigenvalue weighted by molar-refractivity contribution is -0.274. The van der Waals surface area contributed by atoms with Crippen LogP contribution in [0.3, 0.4) is 0 Å². The van der Waals surface area contributed by atoms with Crippen molar-refractivity contribution >= 4 is 23.2 Å². The van der Waals surface area contributed by atoms with E-state index < -0.39 is 12.3 Å². The molecule has 17 heavy (non-hydrogen) atoms. The normalized spacial score (nSPS) is 11.1. The van der Waals surface area contributed by atoms with Crippen LogP contribution in [0, 0.1) is 6.92 Å². The van der Waals surface area contributed by atoms with E-state index in [1.807, 2.05) is 0 Å². The molecule has 1 aromatic rings. The zero-order valence-corrected chi connectivity index (χ0v) is 9.52. The van der Waals surface area contributed by atoms with Crippen molar-refractivity contribution in [1.29, 1.82) is 0 Å². The molecular formula is C10H9ClF3NO2. The Kier molecular flexibility index (Phi) is 4.22. The van der Waals surface area contributed by atoms with Gasteiger partial charge in [-0.1, -0.05) is 0 Å². The summed E-state index contributed by atoms with van der Waals surface area (Å²) in [6.07, 6.45) is -4.73. The van der Waals surface area contributed by atoms with Crippen LogP contribution in [0.5, 0.6) is 5.75 Å². The van der Waals surface area contributed by atoms with Crippen molar-refractivity contribution in [3.05, 3.63) is 23.8 Å². The SMILES string of the molecule is Cc1cc(NC(=O)CCl)ccc1OC(F)(F)F. The number of amides is 1. The van der Waals surface area contributed by atoms with Crippen LogP contribution in [0.15, 0.2) is 18.2 Å². The summed E-state index contributed by atoms with van der Waals surface area (Å²) in [5.74, 6) is -0.961. The Morgan fingerprint density at radius 1 is 1.47 bits per heavy atom. The number of hydrogen-bond donors (Lipinski definition) is 1. The van der Waals surface area contributed by atoms with Gasteiger partial charge in [-0.05, 0) is 30.7 Å². The highest BCUT2D eigenvalue weighted by atomic mass is 35.5. The molecule has 0 spiro atoms. The van der Waals surface area contributed by atoms with Gasteiger partial charge in [0.1, 0.15) is 11.6 Å². The number of nitrogens with one attached hydrogen (secondary N) is 1. The Morgan fingerprint density at radius 3 is 2.59 bits per heavy atom. The van der Waals surface area contributed by atoms with Crippen LogP contribution in [-0.2, 0) is 4.79 Å². The molecule has 94 valence electrons. The van der Waals surface area contributed by atoms with Crippen LogP contribution in [0.4, 0.5) is 18.9 Å². The molecule has 3 nitrogen and oxygen atoms in total. The fraction of sp³-hybridized carbons (Fsp3) is 0.300. The maximum absolute atomic E-state index is 12.0. The molecule has 1 aromatic carbocycles. The van der Waals surface area contributed by atoms with E-state index in [-0.39, 0.29) is 17.2 Å². The number of rotatable bonds is 3. The van der Waals surface area contributed by atoms with Crippen molar-refractivity contribution in [2.75, 3.05) is 11.2 Å². The van der Waals surface area contributed by atoms with Gasteiger partial charge in [0.15, 0.2) is 0 Å². The Morgan fingerprint density at radius 2 is 2.12 bits per heavy atom. The molecule has 7 heteroatoms. The number of ether oxygens (including phenoxy) is 1. The monoisotopic (exact) mass is 267 g/mol. The predicted molar refractivity (Wildman–Crippen MR) is 57.2 cm³/mol. The van der Waals surface area contributed by atoms with Gasteiger partial charge in [0.2, 0.25) is 5.91 Å². The summed E-state index contributed by atoms with van der Waals surface area (Å²) < 4.78 is 39.7. The van der Waals surface area contributed by atoms with E-state index >= 15 is 0 Å². The van der Waals surface area contributed by atoms with E-state index in [4.69, 9.17) is 11.6 Å². The van der Waals surface area contributed by atoms with Gasteiger partial charge in [0, 0.05) is 5.69 Å². The van der Waals surface area contributed by atoms with Gasteiger partial charge in [-0.15, -0.1) is 24.8 Å². The quantitative estimate of drug-likeness (QED) is 0.855. The van der Waals surface area contributed by atoms with Crippen LogP contribution in [-0.4, -0.2) is 18.1 Å². The van der Waals surface area contributed by atoms with Crippen LogP contribution in [0.1, 0.15) is 5.56 Å². The molecule has 1 rings (SSSR count). The number of hydrogen-bond acceptors (Lipinski definition) is 2. The maximum atomic E-state index is 12.0. The fourth-order valence-electron chi connectivity index (χ4n) is 1.16. The Hall–Kier alpha value is -1.43. The lowest BCUT2D eigenvalue weighted by Gasteiger charge is -2.12. The molecule has 0 saturated carbocycles. The van der Waals surface area contributed by atoms with E-state index in [2.05, 4.69) is 10.1 Å². The van der Waals surface area contributed by atoms with Gasteiger partial charge in [-0.25, -0.2) is 0 Å². The minimum absolute atomic E-state index is 0.222. The second-order valence-corrected chi connectivity index (χ2v) is 3.48. The van der Waals surface area contributed by atoms with Crippen LogP contribution >= 0.6 is 11.6 Å². The summed E-state index contributed by atoms with van der Waals surface area (Å²) in [6, 6.07) is 3.80. The van der Waals surface area contributed by atoms with Crippen molar-refractivity contribution in [3.63, 3.8) is 0 Å². The Balaban J connectivity index is 2.83. The van der Waals surface area contributed by atoms with Gasteiger partial charge in [0.05, 0.1) is 0 Å². The maximum Gasteiger partial charge on any atom is 0.573 e. The summed E-state index contributed by atoms with van der Waals surface area (Å²) in [6.45, 7) is 1.44. The summed E-state index contributed by atoms with van der Waals surface area (Å²) >= 11 is 5.27. The molecule has 1 N–H and O–H groups in total. The minimum atomic E-state index is -4.73. The van der Waals surface area contributed by atoms with Gasteiger partial charge in [-0.2, -0.15) is 0 Å². The lowest BCUT2D eigenvalue weighted by Crippen LogP contribution is -2.18. The van der Waals surface area contributed by atoms with Crippen molar-refractivity contribution in [2.45, 2.75) is 13.3 Å². The molecule has 0 aliphatic heterocycles. The number of benzene rings is 1. The zero-order chi connectivity index (χ0) is 13.1. The number of alkyl halides is 4. The van der Waals surface area contributed by atoms with Gasteiger partial charge >= 0.3 is 6.36 Å². The zero-order valence-electron chi connectivity index (χ0n) is 8.77. The molecule has 0 aliphatic carbocycles. The second-order valence-electron chi connectivity index (χ2n) is 3.21. The number of halogens is 4. The van der Waals surface area contributed by atoms with Gasteiger partial charge in [-0.3, -0.25) is 4.79 Å². The number of carbonyl (C=O) groups excluding carboxylic acids is 1. The third-order valence-electron chi connectivity index (χ3n) is 1.81. The molecule has 0 heterocycles. The average Bonchev–Trinajstić information content (AvgIpc) is 2.20. The minimum Gasteiger partial charge on any atom is -0.406 e. The number of carbonyl (C=O) groups is 1. The van der Waals surface area contributed by atoms with Crippen molar-refractivity contribution < 1.29 is 22.7 Å². The lowest BCUT2D eigenvalue weighted by atomic mass is 10.2. The molecule has 0 fully saturated rings. The van der Waals surface area contributed by atoms with E-state index in [0.29, 0.717) is 5.69 Å². The average molecular weight is 268 g/mol. The Bertz CT molecular complexity index is 421. The van der Waals surface area contributed by atoms with E-state index in [0.717, 1.165) is 6.07 Å². The fourth-order valence-corrected chi connectivity index (χ4v) is 1.23. The highest BCUT2D eigenvalue weighted by Crippen LogP contribution is 2.27. The smallest absolute Gasteiger partial charge is 0.406 e. The highest BCUT2D eigenvalue weighted by molar-refractivity contribution is 6.29. The van der Waals surface area contributed by atoms with Crippen molar-refractivity contribution in [3.8, 4) is 5.75 Å². The predicted octanol–water partition coefficient (Wildman–Crippen LogP) is 3.07. The standard InChI is InChI=1S/C10H9ClF3NO2/c1-6-4-7(15-9(16)5-11)2-3-8(6)17-10(12,13)14/h2-4H,5H2,1H3,(H,15,16). The largest absolute Gasteiger partial charge is 0.573 e. The van der Waals surface area contributed by atoms with Crippen LogP contribution in [0.25, 0.3) is 0 Å². The first-order valence-electron chi connectivity index (χ1n) is 4.54. The topological polar surface area (TPSA) is 38.3 Å². The molecule has 0 atom stereocenters. The van der Waals surface area contributed by atoms with E-state index in [1.54, 1.807) is 0 Å². The summed E-state index contributed by atoms with van der Waals surface area (Å²) in [5.41, 5.74) is 0.623. The van der Waals surface area contributed by atoms with Crippen LogP contribution < -0.4 is 10.1 Å². The highest BCUT2D eigenvalue weighted by Gasteiger charge is 2.31. The summed E-state index contributed by atoms with van der Waals surface area (Å²) in [4.78, 5) is 11.0. The molecule has 0 radical (unpaired) electrons. The Labute approximate surface area is 101 Å². The summed E-state index contributed by atoms with van der Waals surface area (Å²) in [7, 11) is 0. The number of aryl methyl sites for hydroxylation is 1. The molecule has 0 unspecified atom stereocenters. The van der Waals surface area contributed by atoms with E-state index in [9.17, 15) is 18.0 Å². The molecule has 0 aliphatic rings. The molecule has 0 aromatic heterocycles. The number of anilines is 1. The molecule has 0 bridgehead atoms. The molecule has 1 amide bonds. The third kappa shape index (κ3) is 4.52. The van der Waals surface area contributed by atoms with Crippen molar-refractivity contribution in [1.82, 2.24) is 0 Å². The first-order chi connectivity index (χ1) is 7.81. The first-order valence-corrected chi connectivity index (χ1v) is 5.07. The summed E-state index contributed by atoms with van der Waals surface area (Å²) in [5, 5.41) is 2.41. The van der Waals surface area contributed by atoms with E-state index in [1.165, 1.54) is 19.1 Å². The second kappa shape index (κ2) is 5.27. The first kappa shape index (κ1) is 13.6. The van der Waals surface area contributed by atoms with Crippen molar-refractivity contribution in [2.24, 2.45) is 0 Å². The van der Waals surface area contributed by atoms with Gasteiger partial charge in [0.25, 0.3) is 0 Å². The third-order valence-corrected chi connectivity index (χ3v) is 2.05. The van der Waals surface area contributed by atoms with Gasteiger partial charge < -0.3 is 10.1 Å². The molecular weight excluding hydrogens is 259 g/mol.